The molecule has 3 atom stereocenters. The fraction of sp³-hybridized carbons (Fsp3) is 0.650. The molecular formula is C20H33N5O6. The van der Waals surface area contributed by atoms with Gasteiger partial charge < -0.3 is 31.9 Å². The highest BCUT2D eigenvalue weighted by Crippen LogP contribution is 2.16. The lowest BCUT2D eigenvalue weighted by atomic mass is 9.95. The van der Waals surface area contributed by atoms with E-state index in [0.29, 0.717) is 12.8 Å². The summed E-state index contributed by atoms with van der Waals surface area (Å²) in [6.07, 6.45) is 3.96. The highest BCUT2D eigenvalue weighted by atomic mass is 16.4. The molecule has 0 fully saturated rings. The maximum absolute atomic E-state index is 12.1. The summed E-state index contributed by atoms with van der Waals surface area (Å²) in [5.74, 6) is -2.77. The number of allylic oxidation sites excluding steroid dienone is 1. The van der Waals surface area contributed by atoms with E-state index in [1.165, 1.54) is 7.05 Å². The van der Waals surface area contributed by atoms with E-state index in [0.717, 1.165) is 5.71 Å². The number of nitrogens with two attached hydrogens (primary N) is 1. The SMILES string of the molecule is CNC(=O)C(CCC(=O)NCC(O)CN)CNC(=O)CCN=C1C=CC(C(=O)O)CC1. The van der Waals surface area contributed by atoms with Crippen LogP contribution in [0, 0.1) is 11.8 Å². The minimum absolute atomic E-state index is 0.0395. The first-order chi connectivity index (χ1) is 14.8. The summed E-state index contributed by atoms with van der Waals surface area (Å²) in [6, 6.07) is 0. The van der Waals surface area contributed by atoms with E-state index in [2.05, 4.69) is 20.9 Å². The number of carboxylic acid groups (broad SMARTS) is 1. The van der Waals surface area contributed by atoms with Crippen molar-refractivity contribution in [2.24, 2.45) is 22.6 Å². The lowest BCUT2D eigenvalue weighted by Gasteiger charge is -2.16. The molecular weight excluding hydrogens is 406 g/mol. The molecule has 7 N–H and O–H groups in total. The summed E-state index contributed by atoms with van der Waals surface area (Å²) in [4.78, 5) is 51.1. The number of nitrogens with one attached hydrogen (secondary N) is 3. The average molecular weight is 440 g/mol. The van der Waals surface area contributed by atoms with Crippen molar-refractivity contribution in [2.75, 3.05) is 33.2 Å². The van der Waals surface area contributed by atoms with Gasteiger partial charge in [-0.2, -0.15) is 0 Å². The van der Waals surface area contributed by atoms with Gasteiger partial charge in [0, 0.05) is 51.8 Å². The molecule has 1 rings (SSSR count). The van der Waals surface area contributed by atoms with Crippen LogP contribution >= 0.6 is 0 Å². The second kappa shape index (κ2) is 14.3. The van der Waals surface area contributed by atoms with Crippen molar-refractivity contribution in [3.63, 3.8) is 0 Å². The Bertz CT molecular complexity index is 694. The molecule has 0 aliphatic heterocycles. The Kier molecular flexibility index (Phi) is 12.1. The number of carbonyl (C=O) groups excluding carboxylic acids is 3. The number of hydrogen-bond donors (Lipinski definition) is 6. The molecule has 3 amide bonds. The van der Waals surface area contributed by atoms with Crippen molar-refractivity contribution in [1.82, 2.24) is 16.0 Å². The zero-order chi connectivity index (χ0) is 23.2. The fourth-order valence-electron chi connectivity index (χ4n) is 2.91. The van der Waals surface area contributed by atoms with Crippen LogP contribution in [0.15, 0.2) is 17.1 Å². The monoisotopic (exact) mass is 439 g/mol. The summed E-state index contributed by atoms with van der Waals surface area (Å²) >= 11 is 0. The van der Waals surface area contributed by atoms with Gasteiger partial charge in [-0.1, -0.05) is 6.08 Å². The maximum Gasteiger partial charge on any atom is 0.310 e. The Hall–Kier alpha value is -2.79. The number of carbonyl (C=O) groups is 4. The molecule has 0 heterocycles. The summed E-state index contributed by atoms with van der Waals surface area (Å²) < 4.78 is 0. The average Bonchev–Trinajstić information content (AvgIpc) is 2.77. The van der Waals surface area contributed by atoms with Gasteiger partial charge in [-0.05, 0) is 25.3 Å². The molecule has 0 saturated heterocycles. The number of nitrogens with zero attached hydrogens (tertiary/aromatic N) is 1. The Morgan fingerprint density at radius 3 is 2.45 bits per heavy atom. The molecule has 0 saturated carbocycles. The van der Waals surface area contributed by atoms with Crippen LogP contribution in [0.5, 0.6) is 0 Å². The normalized spacial score (nSPS) is 18.8. The van der Waals surface area contributed by atoms with Crippen LogP contribution in [0.4, 0.5) is 0 Å². The standard InChI is InChI=1S/C20H33N5O6/c1-22-19(29)14(4-7-17(27)25-12-16(26)10-21)11-24-18(28)8-9-23-15-5-2-13(3-6-15)20(30)31/h2,5,13-14,16,26H,3-4,6-12,21H2,1H3,(H,22,29)(H,24,28)(H,25,27)(H,30,31). The molecule has 0 aromatic heterocycles. The van der Waals surface area contributed by atoms with Crippen LogP contribution < -0.4 is 21.7 Å². The van der Waals surface area contributed by atoms with Gasteiger partial charge in [-0.25, -0.2) is 0 Å². The first kappa shape index (κ1) is 26.2. The number of carboxylic acids is 1. The first-order valence-corrected chi connectivity index (χ1v) is 10.3. The Morgan fingerprint density at radius 1 is 1.19 bits per heavy atom. The van der Waals surface area contributed by atoms with Crippen LogP contribution in [-0.4, -0.2) is 78.9 Å². The topological polar surface area (TPSA) is 183 Å². The number of amides is 3. The number of aliphatic hydroxyl groups is 1. The summed E-state index contributed by atoms with van der Waals surface area (Å²) in [5.41, 5.74) is 6.04. The van der Waals surface area contributed by atoms with E-state index in [9.17, 15) is 24.3 Å². The maximum atomic E-state index is 12.1. The summed E-state index contributed by atoms with van der Waals surface area (Å²) in [5, 5.41) is 26.1. The molecule has 11 heteroatoms. The van der Waals surface area contributed by atoms with Crippen LogP contribution in [0.3, 0.4) is 0 Å². The molecule has 1 aliphatic rings. The van der Waals surface area contributed by atoms with E-state index in [1.54, 1.807) is 12.2 Å². The molecule has 11 nitrogen and oxygen atoms in total. The zero-order valence-electron chi connectivity index (χ0n) is 17.8. The zero-order valence-corrected chi connectivity index (χ0v) is 17.8. The van der Waals surface area contributed by atoms with Crippen molar-refractivity contribution in [2.45, 2.75) is 38.2 Å². The Morgan fingerprint density at radius 2 is 1.87 bits per heavy atom. The van der Waals surface area contributed by atoms with E-state index in [1.807, 2.05) is 0 Å². The molecule has 31 heavy (non-hydrogen) atoms. The lowest BCUT2D eigenvalue weighted by Crippen LogP contribution is -2.39. The van der Waals surface area contributed by atoms with Gasteiger partial charge in [0.1, 0.15) is 0 Å². The van der Waals surface area contributed by atoms with E-state index < -0.39 is 23.9 Å². The highest BCUT2D eigenvalue weighted by molar-refractivity contribution is 5.97. The first-order valence-electron chi connectivity index (χ1n) is 10.3. The van der Waals surface area contributed by atoms with Crippen molar-refractivity contribution < 1.29 is 29.4 Å². The smallest absolute Gasteiger partial charge is 0.310 e. The molecule has 174 valence electrons. The quantitative estimate of drug-likeness (QED) is 0.203. The van der Waals surface area contributed by atoms with Crippen molar-refractivity contribution in [3.8, 4) is 0 Å². The third-order valence-electron chi connectivity index (χ3n) is 4.89. The molecule has 0 radical (unpaired) electrons. The third-order valence-corrected chi connectivity index (χ3v) is 4.89. The predicted octanol–water partition coefficient (Wildman–Crippen LogP) is -1.44. The molecule has 0 bridgehead atoms. The van der Waals surface area contributed by atoms with Gasteiger partial charge in [-0.3, -0.25) is 24.2 Å². The largest absolute Gasteiger partial charge is 0.481 e. The number of aliphatic imine (C=N–C) groups is 1. The Balaban J connectivity index is 2.38. The van der Waals surface area contributed by atoms with Crippen LogP contribution in [0.25, 0.3) is 0 Å². The molecule has 3 unspecified atom stereocenters. The third kappa shape index (κ3) is 10.7. The second-order valence-corrected chi connectivity index (χ2v) is 7.31. The fourth-order valence-corrected chi connectivity index (χ4v) is 2.91. The number of aliphatic hydroxyl groups excluding tert-OH is 1. The van der Waals surface area contributed by atoms with Gasteiger partial charge in [0.25, 0.3) is 0 Å². The van der Waals surface area contributed by atoms with E-state index in [4.69, 9.17) is 10.8 Å². The number of aliphatic carboxylic acids is 1. The predicted molar refractivity (Wildman–Crippen MR) is 114 cm³/mol. The molecule has 0 aromatic rings. The van der Waals surface area contributed by atoms with E-state index in [-0.39, 0.29) is 63.2 Å². The minimum Gasteiger partial charge on any atom is -0.481 e. The van der Waals surface area contributed by atoms with Gasteiger partial charge in [0.05, 0.1) is 17.9 Å². The van der Waals surface area contributed by atoms with Crippen molar-refractivity contribution in [3.05, 3.63) is 12.2 Å². The van der Waals surface area contributed by atoms with Crippen LogP contribution in [0.1, 0.15) is 32.1 Å². The van der Waals surface area contributed by atoms with Crippen molar-refractivity contribution in [1.29, 1.82) is 0 Å². The van der Waals surface area contributed by atoms with Gasteiger partial charge in [0.15, 0.2) is 0 Å². The Labute approximate surface area is 181 Å². The number of rotatable bonds is 13. The van der Waals surface area contributed by atoms with Gasteiger partial charge in [-0.15, -0.1) is 0 Å². The number of hydrogen-bond acceptors (Lipinski definition) is 7. The minimum atomic E-state index is -0.856. The van der Waals surface area contributed by atoms with Crippen LogP contribution in [0.2, 0.25) is 0 Å². The molecule has 0 aromatic carbocycles. The molecule has 1 aliphatic carbocycles. The van der Waals surface area contributed by atoms with Crippen LogP contribution in [-0.2, 0) is 19.2 Å². The van der Waals surface area contributed by atoms with E-state index >= 15 is 0 Å². The summed E-state index contributed by atoms with van der Waals surface area (Å²) in [6.45, 7) is 0.441. The van der Waals surface area contributed by atoms with Gasteiger partial charge in [0.2, 0.25) is 17.7 Å². The highest BCUT2D eigenvalue weighted by Gasteiger charge is 2.20. The van der Waals surface area contributed by atoms with Gasteiger partial charge >= 0.3 is 5.97 Å². The lowest BCUT2D eigenvalue weighted by molar-refractivity contribution is -0.140. The second-order valence-electron chi connectivity index (χ2n) is 7.31. The van der Waals surface area contributed by atoms with Crippen molar-refractivity contribution >= 4 is 29.4 Å². The molecule has 0 spiro atoms. The summed E-state index contributed by atoms with van der Waals surface area (Å²) in [7, 11) is 1.48.